The second-order valence-corrected chi connectivity index (χ2v) is 4.62. The van der Waals surface area contributed by atoms with E-state index in [0.717, 1.165) is 0 Å². The van der Waals surface area contributed by atoms with Gasteiger partial charge in [-0.3, -0.25) is 25.3 Å². The van der Waals surface area contributed by atoms with Crippen LogP contribution in [0, 0.1) is 24.0 Å². The van der Waals surface area contributed by atoms with Gasteiger partial charge >= 0.3 is 0 Å². The Morgan fingerprint density at radius 2 is 2.10 bits per heavy atom. The Bertz CT molecular complexity index is 754. The Hall–Kier alpha value is -2.74. The molecule has 3 N–H and O–H groups in total. The standard InChI is InChI=1S/C13H15N5O3/c1-8-5-13(19)17(9(2)15-8)7-10-3-4-11(16-14)12(6-10)18(20)21/h3-6,16H,7,14H2,1-2H3. The lowest BCUT2D eigenvalue weighted by Gasteiger charge is -2.10. The topological polar surface area (TPSA) is 116 Å². The number of hydrogen-bond acceptors (Lipinski definition) is 6. The molecule has 0 radical (unpaired) electrons. The smallest absolute Gasteiger partial charge is 0.293 e. The summed E-state index contributed by atoms with van der Waals surface area (Å²) in [6.07, 6.45) is 0. The molecule has 0 amide bonds. The van der Waals surface area contributed by atoms with E-state index in [9.17, 15) is 14.9 Å². The molecule has 0 bridgehead atoms. The first-order valence-corrected chi connectivity index (χ1v) is 6.21. The van der Waals surface area contributed by atoms with Crippen molar-refractivity contribution in [3.05, 3.63) is 61.8 Å². The van der Waals surface area contributed by atoms with Crippen molar-refractivity contribution in [2.24, 2.45) is 5.84 Å². The highest BCUT2D eigenvalue weighted by Crippen LogP contribution is 2.24. The maximum absolute atomic E-state index is 12.0. The van der Waals surface area contributed by atoms with Gasteiger partial charge < -0.3 is 5.43 Å². The third-order valence-corrected chi connectivity index (χ3v) is 3.08. The maximum atomic E-state index is 12.0. The summed E-state index contributed by atoms with van der Waals surface area (Å²) in [6, 6.07) is 6.00. The highest BCUT2D eigenvalue weighted by molar-refractivity contribution is 5.61. The van der Waals surface area contributed by atoms with E-state index < -0.39 is 4.92 Å². The van der Waals surface area contributed by atoms with Crippen LogP contribution in [-0.4, -0.2) is 14.5 Å². The Kier molecular flexibility index (Phi) is 3.99. The molecule has 1 heterocycles. The second kappa shape index (κ2) is 5.71. The minimum atomic E-state index is -0.526. The van der Waals surface area contributed by atoms with E-state index in [2.05, 4.69) is 10.4 Å². The van der Waals surface area contributed by atoms with E-state index in [0.29, 0.717) is 17.1 Å². The molecule has 0 saturated heterocycles. The van der Waals surface area contributed by atoms with Crippen molar-refractivity contribution < 1.29 is 4.92 Å². The van der Waals surface area contributed by atoms with Gasteiger partial charge in [0.25, 0.3) is 11.2 Å². The van der Waals surface area contributed by atoms with Crippen LogP contribution in [0.1, 0.15) is 17.1 Å². The number of nitrogens with two attached hydrogens (primary N) is 1. The van der Waals surface area contributed by atoms with Crippen molar-refractivity contribution in [2.45, 2.75) is 20.4 Å². The fourth-order valence-electron chi connectivity index (χ4n) is 2.09. The normalized spacial score (nSPS) is 10.4. The van der Waals surface area contributed by atoms with Crippen LogP contribution >= 0.6 is 0 Å². The lowest BCUT2D eigenvalue weighted by atomic mass is 10.1. The van der Waals surface area contributed by atoms with Crippen molar-refractivity contribution in [1.29, 1.82) is 0 Å². The van der Waals surface area contributed by atoms with Crippen LogP contribution < -0.4 is 16.8 Å². The third kappa shape index (κ3) is 3.06. The highest BCUT2D eigenvalue weighted by Gasteiger charge is 2.14. The number of nitrogens with one attached hydrogen (secondary N) is 1. The van der Waals surface area contributed by atoms with E-state index in [1.807, 2.05) is 0 Å². The summed E-state index contributed by atoms with van der Waals surface area (Å²) in [6.45, 7) is 3.67. The van der Waals surface area contributed by atoms with Gasteiger partial charge in [0, 0.05) is 17.8 Å². The zero-order chi connectivity index (χ0) is 15.6. The molecule has 0 aliphatic rings. The first kappa shape index (κ1) is 14.7. The van der Waals surface area contributed by atoms with Crippen LogP contribution in [0.15, 0.2) is 29.1 Å². The zero-order valence-corrected chi connectivity index (χ0v) is 11.7. The summed E-state index contributed by atoms with van der Waals surface area (Å²) in [5.41, 5.74) is 3.43. The van der Waals surface area contributed by atoms with E-state index >= 15 is 0 Å². The van der Waals surface area contributed by atoms with Gasteiger partial charge in [0.1, 0.15) is 11.5 Å². The molecule has 2 aromatic rings. The summed E-state index contributed by atoms with van der Waals surface area (Å²) in [7, 11) is 0. The highest BCUT2D eigenvalue weighted by atomic mass is 16.6. The number of hydrazine groups is 1. The maximum Gasteiger partial charge on any atom is 0.293 e. The molecule has 0 aliphatic heterocycles. The van der Waals surface area contributed by atoms with Crippen LogP contribution in [-0.2, 0) is 6.54 Å². The monoisotopic (exact) mass is 289 g/mol. The molecule has 2 rings (SSSR count). The van der Waals surface area contributed by atoms with Gasteiger partial charge in [-0.05, 0) is 25.5 Å². The predicted octanol–water partition coefficient (Wildman–Crippen LogP) is 1.10. The number of nitrogens with zero attached hydrogens (tertiary/aromatic N) is 3. The van der Waals surface area contributed by atoms with Crippen molar-refractivity contribution >= 4 is 11.4 Å². The largest absolute Gasteiger partial charge is 0.318 e. The van der Waals surface area contributed by atoms with Crippen LogP contribution in [0.3, 0.4) is 0 Å². The fraction of sp³-hybridized carbons (Fsp3) is 0.231. The predicted molar refractivity (Wildman–Crippen MR) is 78.0 cm³/mol. The minimum Gasteiger partial charge on any atom is -0.318 e. The summed E-state index contributed by atoms with van der Waals surface area (Å²) < 4.78 is 1.46. The number of nitrogen functional groups attached to an aromatic ring is 1. The number of hydrogen-bond donors (Lipinski definition) is 2. The molecule has 8 nitrogen and oxygen atoms in total. The fourth-order valence-corrected chi connectivity index (χ4v) is 2.09. The lowest BCUT2D eigenvalue weighted by Crippen LogP contribution is -2.24. The molecule has 1 aromatic carbocycles. The third-order valence-electron chi connectivity index (χ3n) is 3.08. The Balaban J connectivity index is 2.43. The van der Waals surface area contributed by atoms with Crippen LogP contribution in [0.4, 0.5) is 11.4 Å². The molecule has 0 saturated carbocycles. The van der Waals surface area contributed by atoms with Crippen LogP contribution in [0.25, 0.3) is 0 Å². The van der Waals surface area contributed by atoms with Gasteiger partial charge in [-0.15, -0.1) is 0 Å². The van der Waals surface area contributed by atoms with E-state index in [4.69, 9.17) is 5.84 Å². The zero-order valence-electron chi connectivity index (χ0n) is 11.7. The molecule has 110 valence electrons. The van der Waals surface area contributed by atoms with Crippen molar-refractivity contribution in [3.8, 4) is 0 Å². The molecular formula is C13H15N5O3. The Labute approximate surface area is 120 Å². The molecule has 21 heavy (non-hydrogen) atoms. The molecule has 0 spiro atoms. The van der Waals surface area contributed by atoms with Crippen molar-refractivity contribution in [3.63, 3.8) is 0 Å². The van der Waals surface area contributed by atoms with Gasteiger partial charge in [-0.2, -0.15) is 0 Å². The van der Waals surface area contributed by atoms with Gasteiger partial charge in [-0.25, -0.2) is 4.98 Å². The van der Waals surface area contributed by atoms with Gasteiger partial charge in [0.15, 0.2) is 0 Å². The number of benzene rings is 1. The second-order valence-electron chi connectivity index (χ2n) is 4.62. The quantitative estimate of drug-likeness (QED) is 0.494. The van der Waals surface area contributed by atoms with Crippen LogP contribution in [0.5, 0.6) is 0 Å². The molecule has 1 aromatic heterocycles. The molecule has 0 unspecified atom stereocenters. The molecule has 0 fully saturated rings. The molecule has 8 heteroatoms. The number of anilines is 1. The number of rotatable bonds is 4. The van der Waals surface area contributed by atoms with Crippen molar-refractivity contribution in [1.82, 2.24) is 9.55 Å². The lowest BCUT2D eigenvalue weighted by molar-refractivity contribution is -0.384. The number of aromatic nitrogens is 2. The van der Waals surface area contributed by atoms with Gasteiger partial charge in [-0.1, -0.05) is 6.07 Å². The van der Waals surface area contributed by atoms with Gasteiger partial charge in [0.05, 0.1) is 11.5 Å². The summed E-state index contributed by atoms with van der Waals surface area (Å²) in [5, 5.41) is 11.0. The summed E-state index contributed by atoms with van der Waals surface area (Å²) >= 11 is 0. The van der Waals surface area contributed by atoms with Gasteiger partial charge in [0.2, 0.25) is 0 Å². The average Bonchev–Trinajstić information content (AvgIpc) is 2.42. The van der Waals surface area contributed by atoms with E-state index in [1.165, 1.54) is 22.8 Å². The first-order valence-electron chi connectivity index (χ1n) is 6.21. The van der Waals surface area contributed by atoms with Crippen molar-refractivity contribution in [2.75, 3.05) is 5.43 Å². The summed E-state index contributed by atoms with van der Waals surface area (Å²) in [5.74, 6) is 5.80. The average molecular weight is 289 g/mol. The number of aryl methyl sites for hydroxylation is 2. The minimum absolute atomic E-state index is 0.138. The number of nitro benzene ring substituents is 1. The van der Waals surface area contributed by atoms with Crippen LogP contribution in [0.2, 0.25) is 0 Å². The SMILES string of the molecule is Cc1cc(=O)n(Cc2ccc(NN)c([N+](=O)[O-])c2)c(C)n1. The Morgan fingerprint density at radius 3 is 2.67 bits per heavy atom. The molecular weight excluding hydrogens is 274 g/mol. The van der Waals surface area contributed by atoms with E-state index in [1.54, 1.807) is 19.9 Å². The first-order chi connectivity index (χ1) is 9.92. The van der Waals surface area contributed by atoms with E-state index in [-0.39, 0.29) is 23.5 Å². The summed E-state index contributed by atoms with van der Waals surface area (Å²) in [4.78, 5) is 26.6. The Morgan fingerprint density at radius 1 is 1.38 bits per heavy atom. The molecule has 0 atom stereocenters. The molecule has 0 aliphatic carbocycles. The number of nitro groups is 1.